The van der Waals surface area contributed by atoms with Crippen molar-refractivity contribution >= 4 is 67.9 Å². The number of nitrogens with zero attached hydrogens (tertiary/aromatic N) is 2. The summed E-state index contributed by atoms with van der Waals surface area (Å²) in [6, 6.07) is 48.5. The Labute approximate surface area is 270 Å². The standard InChI is InChI=1S/C44H36N2/c1-3-45-41-19-10-8-16-37(41)39-27-23-31(29-43(39)45)21-25-34-15-12-18-35(33-13-6-5-7-14-33)36(34)26-22-32-24-28-40-38-17-9-11-20-42(38)46(4-2)44(40)30-32/h5-30H,3-4H2,1-2H3. The number of para-hydroxylation sites is 2. The SMILES string of the molecule is CCn1c2ccccc2c2ccc(C=Cc3cccc(-c4ccccc4)c3C=Cc3ccc4c5ccccc5n(CC)c4c3)cc21. The Bertz CT molecular complexity index is 2430. The highest BCUT2D eigenvalue weighted by molar-refractivity contribution is 6.09. The van der Waals surface area contributed by atoms with Crippen LogP contribution in [0.3, 0.4) is 0 Å². The third kappa shape index (κ3) is 4.74. The Balaban J connectivity index is 1.22. The van der Waals surface area contributed by atoms with Gasteiger partial charge in [0.1, 0.15) is 0 Å². The van der Waals surface area contributed by atoms with E-state index in [9.17, 15) is 0 Å². The molecule has 8 aromatic rings. The fraction of sp³-hybridized carbons (Fsp3) is 0.0909. The second-order valence-corrected chi connectivity index (χ2v) is 11.9. The third-order valence-corrected chi connectivity index (χ3v) is 9.35. The zero-order valence-corrected chi connectivity index (χ0v) is 26.3. The van der Waals surface area contributed by atoms with Gasteiger partial charge in [0.25, 0.3) is 0 Å². The largest absolute Gasteiger partial charge is 0.341 e. The molecule has 0 aliphatic rings. The molecule has 2 heterocycles. The van der Waals surface area contributed by atoms with Gasteiger partial charge in [0.05, 0.1) is 0 Å². The lowest BCUT2D eigenvalue weighted by Crippen LogP contribution is -1.93. The summed E-state index contributed by atoms with van der Waals surface area (Å²) in [5.74, 6) is 0. The zero-order valence-electron chi connectivity index (χ0n) is 26.3. The van der Waals surface area contributed by atoms with E-state index in [0.29, 0.717) is 0 Å². The van der Waals surface area contributed by atoms with E-state index in [1.807, 2.05) is 0 Å². The molecule has 0 radical (unpaired) electrons. The molecule has 2 nitrogen and oxygen atoms in total. The van der Waals surface area contributed by atoms with Gasteiger partial charge >= 0.3 is 0 Å². The van der Waals surface area contributed by atoms with Gasteiger partial charge in [-0.1, -0.05) is 133 Å². The van der Waals surface area contributed by atoms with Crippen molar-refractivity contribution in [3.8, 4) is 11.1 Å². The highest BCUT2D eigenvalue weighted by atomic mass is 15.0. The van der Waals surface area contributed by atoms with Crippen molar-refractivity contribution in [2.45, 2.75) is 26.9 Å². The van der Waals surface area contributed by atoms with Crippen molar-refractivity contribution < 1.29 is 0 Å². The van der Waals surface area contributed by atoms with Crippen LogP contribution < -0.4 is 0 Å². The highest BCUT2D eigenvalue weighted by Crippen LogP contribution is 2.33. The second kappa shape index (κ2) is 11.7. The van der Waals surface area contributed by atoms with E-state index in [-0.39, 0.29) is 0 Å². The average molecular weight is 593 g/mol. The quantitative estimate of drug-likeness (QED) is 0.163. The summed E-state index contributed by atoms with van der Waals surface area (Å²) < 4.78 is 4.84. The van der Waals surface area contributed by atoms with Crippen LogP contribution in [0.1, 0.15) is 36.1 Å². The summed E-state index contributed by atoms with van der Waals surface area (Å²) in [6.45, 7) is 6.33. The molecule has 0 aliphatic carbocycles. The Kier molecular flexibility index (Phi) is 7.11. The molecule has 0 bridgehead atoms. The molecule has 0 amide bonds. The topological polar surface area (TPSA) is 9.86 Å². The lowest BCUT2D eigenvalue weighted by atomic mass is 9.94. The lowest BCUT2D eigenvalue weighted by molar-refractivity contribution is 0.827. The first kappa shape index (κ1) is 27.9. The molecular formula is C44H36N2. The molecule has 0 saturated heterocycles. The maximum Gasteiger partial charge on any atom is 0.0497 e. The van der Waals surface area contributed by atoms with Gasteiger partial charge in [0.15, 0.2) is 0 Å². The highest BCUT2D eigenvalue weighted by Gasteiger charge is 2.12. The monoisotopic (exact) mass is 592 g/mol. The summed E-state index contributed by atoms with van der Waals surface area (Å²) >= 11 is 0. The molecule has 0 N–H and O–H groups in total. The summed E-state index contributed by atoms with van der Waals surface area (Å²) in [5.41, 5.74) is 12.4. The van der Waals surface area contributed by atoms with Crippen LogP contribution in [0.25, 0.3) is 79.0 Å². The molecular weight excluding hydrogens is 556 g/mol. The minimum atomic E-state index is 0.938. The van der Waals surface area contributed by atoms with Gasteiger partial charge in [-0.25, -0.2) is 0 Å². The van der Waals surface area contributed by atoms with Crippen molar-refractivity contribution in [2.24, 2.45) is 0 Å². The molecule has 8 rings (SSSR count). The van der Waals surface area contributed by atoms with Gasteiger partial charge in [-0.3, -0.25) is 0 Å². The van der Waals surface area contributed by atoms with Crippen molar-refractivity contribution in [2.75, 3.05) is 0 Å². The summed E-state index contributed by atoms with van der Waals surface area (Å²) in [5, 5.41) is 5.25. The van der Waals surface area contributed by atoms with Gasteiger partial charge < -0.3 is 9.13 Å². The molecule has 46 heavy (non-hydrogen) atoms. The number of aromatic nitrogens is 2. The zero-order chi connectivity index (χ0) is 31.0. The van der Waals surface area contributed by atoms with Crippen LogP contribution in [0.4, 0.5) is 0 Å². The van der Waals surface area contributed by atoms with Crippen LogP contribution >= 0.6 is 0 Å². The molecule has 222 valence electrons. The molecule has 0 saturated carbocycles. The molecule has 0 unspecified atom stereocenters. The minimum absolute atomic E-state index is 0.938. The van der Waals surface area contributed by atoms with Crippen LogP contribution in [0.15, 0.2) is 133 Å². The molecule has 6 aromatic carbocycles. The number of fused-ring (bicyclic) bond motifs is 6. The first-order chi connectivity index (χ1) is 22.7. The van der Waals surface area contributed by atoms with Gasteiger partial charge in [0, 0.05) is 56.7 Å². The van der Waals surface area contributed by atoms with E-state index in [1.165, 1.54) is 77.0 Å². The van der Waals surface area contributed by atoms with Crippen LogP contribution in [-0.2, 0) is 13.1 Å². The van der Waals surface area contributed by atoms with Crippen molar-refractivity contribution in [3.05, 3.63) is 156 Å². The Morgan fingerprint density at radius 1 is 0.435 bits per heavy atom. The predicted octanol–water partition coefficient (Wildman–Crippen LogP) is 11.9. The first-order valence-electron chi connectivity index (χ1n) is 16.3. The second-order valence-electron chi connectivity index (χ2n) is 11.9. The Hall–Kier alpha value is -5.60. The summed E-state index contributed by atoms with van der Waals surface area (Å²) in [6.07, 6.45) is 9.08. The van der Waals surface area contributed by atoms with Gasteiger partial charge in [-0.15, -0.1) is 0 Å². The number of aryl methyl sites for hydroxylation is 2. The maximum atomic E-state index is 2.42. The van der Waals surface area contributed by atoms with Crippen LogP contribution in [0.2, 0.25) is 0 Å². The predicted molar refractivity (Wildman–Crippen MR) is 200 cm³/mol. The van der Waals surface area contributed by atoms with Crippen molar-refractivity contribution in [1.29, 1.82) is 0 Å². The van der Waals surface area contributed by atoms with E-state index in [4.69, 9.17) is 0 Å². The van der Waals surface area contributed by atoms with E-state index in [0.717, 1.165) is 13.1 Å². The van der Waals surface area contributed by atoms with Crippen molar-refractivity contribution in [3.63, 3.8) is 0 Å². The summed E-state index contributed by atoms with van der Waals surface area (Å²) in [7, 11) is 0. The summed E-state index contributed by atoms with van der Waals surface area (Å²) in [4.78, 5) is 0. The molecule has 2 aromatic heterocycles. The van der Waals surface area contributed by atoms with E-state index >= 15 is 0 Å². The van der Waals surface area contributed by atoms with Crippen LogP contribution in [0, 0.1) is 0 Å². The Morgan fingerprint density at radius 3 is 1.54 bits per heavy atom. The van der Waals surface area contributed by atoms with E-state index in [1.54, 1.807) is 0 Å². The number of benzene rings is 6. The fourth-order valence-electron chi connectivity index (χ4n) is 7.17. The minimum Gasteiger partial charge on any atom is -0.341 e. The maximum absolute atomic E-state index is 2.42. The van der Waals surface area contributed by atoms with Crippen molar-refractivity contribution in [1.82, 2.24) is 9.13 Å². The number of hydrogen-bond acceptors (Lipinski definition) is 0. The van der Waals surface area contributed by atoms with E-state index in [2.05, 4.69) is 181 Å². The number of rotatable bonds is 7. The Morgan fingerprint density at radius 2 is 0.957 bits per heavy atom. The fourth-order valence-corrected chi connectivity index (χ4v) is 7.17. The van der Waals surface area contributed by atoms with Gasteiger partial charge in [0.2, 0.25) is 0 Å². The normalized spacial score (nSPS) is 12.1. The van der Waals surface area contributed by atoms with Crippen LogP contribution in [0.5, 0.6) is 0 Å². The van der Waals surface area contributed by atoms with Gasteiger partial charge in [-0.2, -0.15) is 0 Å². The smallest absolute Gasteiger partial charge is 0.0497 e. The molecule has 2 heteroatoms. The molecule has 0 aliphatic heterocycles. The molecule has 0 atom stereocenters. The average Bonchev–Trinajstić information content (AvgIpc) is 3.61. The van der Waals surface area contributed by atoms with E-state index < -0.39 is 0 Å². The number of hydrogen-bond donors (Lipinski definition) is 0. The van der Waals surface area contributed by atoms with Crippen LogP contribution in [-0.4, -0.2) is 9.13 Å². The first-order valence-corrected chi connectivity index (χ1v) is 16.3. The third-order valence-electron chi connectivity index (χ3n) is 9.35. The lowest BCUT2D eigenvalue weighted by Gasteiger charge is -2.11. The van der Waals surface area contributed by atoms with Gasteiger partial charge in [-0.05, 0) is 71.5 Å². The molecule has 0 spiro atoms. The molecule has 0 fully saturated rings.